The molecule has 3 aliphatic rings. The Bertz CT molecular complexity index is 625. The molecule has 5 nitrogen and oxygen atoms in total. The lowest BCUT2D eigenvalue weighted by atomic mass is 9.85. The first kappa shape index (κ1) is 16.6. The van der Waals surface area contributed by atoms with Crippen LogP contribution in [-0.2, 0) is 9.59 Å². The number of hydrogen-bond donors (Lipinski definition) is 1. The molecule has 3 atom stereocenters. The van der Waals surface area contributed by atoms with Crippen molar-refractivity contribution in [1.29, 1.82) is 0 Å². The summed E-state index contributed by atoms with van der Waals surface area (Å²) in [4.78, 5) is 31.1. The summed E-state index contributed by atoms with van der Waals surface area (Å²) in [5.41, 5.74) is 0. The number of nitrogens with one attached hydrogen (secondary N) is 1. The van der Waals surface area contributed by atoms with Gasteiger partial charge in [0.25, 0.3) is 0 Å². The third kappa shape index (κ3) is 3.70. The van der Waals surface area contributed by atoms with Crippen LogP contribution < -0.4 is 5.32 Å². The third-order valence-corrected chi connectivity index (χ3v) is 6.46. The molecule has 0 unspecified atom stereocenters. The number of amides is 2. The lowest BCUT2D eigenvalue weighted by Crippen LogP contribution is -2.42. The summed E-state index contributed by atoms with van der Waals surface area (Å²) in [6, 6.07) is 5.49. The molecule has 1 saturated heterocycles. The molecule has 2 bridgehead atoms. The number of rotatable bonds is 4. The van der Waals surface area contributed by atoms with E-state index in [9.17, 15) is 9.59 Å². The Morgan fingerprint density at radius 1 is 1.12 bits per heavy atom. The number of hydrogen-bond acceptors (Lipinski definition) is 3. The molecule has 0 radical (unpaired) electrons. The summed E-state index contributed by atoms with van der Waals surface area (Å²) in [6.07, 6.45) is 9.23. The van der Waals surface area contributed by atoms with Gasteiger partial charge in [-0.15, -0.1) is 0 Å². The lowest BCUT2D eigenvalue weighted by molar-refractivity contribution is -0.135. The van der Waals surface area contributed by atoms with Crippen LogP contribution in [0, 0.1) is 23.7 Å². The summed E-state index contributed by atoms with van der Waals surface area (Å²) in [7, 11) is 0. The second-order valence-corrected chi connectivity index (χ2v) is 8.00. The SMILES string of the molecule is O=C(Nc1ccccn1)C1CCN(C(=O)C[C@H]2C[C@H]3CC[C@H]2C3)CC1. The molecule has 2 amide bonds. The molecule has 5 heteroatoms. The second kappa shape index (κ2) is 7.14. The van der Waals surface area contributed by atoms with Gasteiger partial charge in [-0.1, -0.05) is 12.5 Å². The van der Waals surface area contributed by atoms with Crippen molar-refractivity contribution in [3.05, 3.63) is 24.4 Å². The number of carbonyl (C=O) groups is 2. The summed E-state index contributed by atoms with van der Waals surface area (Å²) >= 11 is 0. The average molecular weight is 341 g/mol. The number of fused-ring (bicyclic) bond motifs is 2. The van der Waals surface area contributed by atoms with E-state index in [1.165, 1.54) is 25.7 Å². The fourth-order valence-electron chi connectivity index (χ4n) is 5.04. The topological polar surface area (TPSA) is 62.3 Å². The minimum atomic E-state index is -0.0199. The van der Waals surface area contributed by atoms with Gasteiger partial charge in [-0.05, 0) is 62.0 Å². The van der Waals surface area contributed by atoms with Crippen molar-refractivity contribution in [2.75, 3.05) is 18.4 Å². The van der Waals surface area contributed by atoms with Crippen LogP contribution in [0.1, 0.15) is 44.9 Å². The van der Waals surface area contributed by atoms with E-state index >= 15 is 0 Å². The summed E-state index contributed by atoms with van der Waals surface area (Å²) in [5.74, 6) is 3.23. The standard InChI is InChI=1S/C20H27N3O2/c24-19(13-17-12-14-4-5-16(17)11-14)23-9-6-15(7-10-23)20(25)22-18-3-1-2-8-21-18/h1-3,8,14-17H,4-7,9-13H2,(H,21,22,25)/t14-,16-,17+/m0/s1. The number of aromatic nitrogens is 1. The first-order chi connectivity index (χ1) is 12.2. The molecule has 1 N–H and O–H groups in total. The molecule has 2 aliphatic carbocycles. The quantitative estimate of drug-likeness (QED) is 0.915. The number of carbonyl (C=O) groups excluding carboxylic acids is 2. The Morgan fingerprint density at radius 3 is 2.60 bits per heavy atom. The summed E-state index contributed by atoms with van der Waals surface area (Å²) in [6.45, 7) is 1.42. The highest BCUT2D eigenvalue weighted by molar-refractivity contribution is 5.91. The maximum absolute atomic E-state index is 12.6. The van der Waals surface area contributed by atoms with Gasteiger partial charge in [0, 0.05) is 31.6 Å². The molecule has 25 heavy (non-hydrogen) atoms. The van der Waals surface area contributed by atoms with Crippen LogP contribution in [0.3, 0.4) is 0 Å². The van der Waals surface area contributed by atoms with Gasteiger partial charge < -0.3 is 10.2 Å². The van der Waals surface area contributed by atoms with E-state index in [4.69, 9.17) is 0 Å². The highest BCUT2D eigenvalue weighted by atomic mass is 16.2. The predicted molar refractivity (Wildman–Crippen MR) is 95.7 cm³/mol. The Morgan fingerprint density at radius 2 is 1.96 bits per heavy atom. The van der Waals surface area contributed by atoms with E-state index in [-0.39, 0.29) is 11.8 Å². The molecule has 2 saturated carbocycles. The van der Waals surface area contributed by atoms with Gasteiger partial charge in [0.1, 0.15) is 5.82 Å². The van der Waals surface area contributed by atoms with Crippen LogP contribution in [-0.4, -0.2) is 34.8 Å². The monoisotopic (exact) mass is 341 g/mol. The first-order valence-electron chi connectivity index (χ1n) is 9.68. The van der Waals surface area contributed by atoms with E-state index in [2.05, 4.69) is 10.3 Å². The predicted octanol–water partition coefficient (Wildman–Crippen LogP) is 3.09. The van der Waals surface area contributed by atoms with Gasteiger partial charge >= 0.3 is 0 Å². The molecule has 4 rings (SSSR count). The van der Waals surface area contributed by atoms with E-state index in [0.717, 1.165) is 31.1 Å². The third-order valence-electron chi connectivity index (χ3n) is 6.46. The molecule has 2 heterocycles. The van der Waals surface area contributed by atoms with E-state index < -0.39 is 0 Å². The van der Waals surface area contributed by atoms with Crippen molar-refractivity contribution < 1.29 is 9.59 Å². The van der Waals surface area contributed by atoms with Crippen LogP contribution >= 0.6 is 0 Å². The fourth-order valence-corrected chi connectivity index (χ4v) is 5.04. The fraction of sp³-hybridized carbons (Fsp3) is 0.650. The molecule has 134 valence electrons. The normalized spacial score (nSPS) is 29.0. The highest BCUT2D eigenvalue weighted by Crippen LogP contribution is 2.49. The van der Waals surface area contributed by atoms with Gasteiger partial charge in [0.05, 0.1) is 0 Å². The number of pyridine rings is 1. The van der Waals surface area contributed by atoms with Gasteiger partial charge in [0.15, 0.2) is 0 Å². The Balaban J connectivity index is 1.24. The average Bonchev–Trinajstić information content (AvgIpc) is 3.25. The van der Waals surface area contributed by atoms with Gasteiger partial charge in [-0.25, -0.2) is 4.98 Å². The largest absolute Gasteiger partial charge is 0.343 e. The van der Waals surface area contributed by atoms with Gasteiger partial charge in [0.2, 0.25) is 11.8 Å². The van der Waals surface area contributed by atoms with Crippen LogP contribution in [0.15, 0.2) is 24.4 Å². The summed E-state index contributed by atoms with van der Waals surface area (Å²) in [5, 5.41) is 2.88. The highest BCUT2D eigenvalue weighted by Gasteiger charge is 2.41. The number of anilines is 1. The lowest BCUT2D eigenvalue weighted by Gasteiger charge is -2.33. The Hall–Kier alpha value is -1.91. The van der Waals surface area contributed by atoms with E-state index in [1.54, 1.807) is 12.3 Å². The van der Waals surface area contributed by atoms with Crippen LogP contribution in [0.25, 0.3) is 0 Å². The molecule has 1 aromatic heterocycles. The zero-order valence-electron chi connectivity index (χ0n) is 14.7. The molecular formula is C20H27N3O2. The first-order valence-corrected chi connectivity index (χ1v) is 9.68. The van der Waals surface area contributed by atoms with Crippen molar-refractivity contribution in [3.8, 4) is 0 Å². The molecule has 3 fully saturated rings. The van der Waals surface area contributed by atoms with E-state index in [1.807, 2.05) is 17.0 Å². The molecule has 0 spiro atoms. The van der Waals surface area contributed by atoms with Crippen LogP contribution in [0.5, 0.6) is 0 Å². The smallest absolute Gasteiger partial charge is 0.228 e. The molecule has 1 aliphatic heterocycles. The van der Waals surface area contributed by atoms with Gasteiger partial charge in [-0.2, -0.15) is 0 Å². The van der Waals surface area contributed by atoms with Crippen molar-refractivity contribution >= 4 is 17.6 Å². The number of nitrogens with zero attached hydrogens (tertiary/aromatic N) is 2. The maximum Gasteiger partial charge on any atom is 0.228 e. The second-order valence-electron chi connectivity index (χ2n) is 8.00. The number of likely N-dealkylation sites (tertiary alicyclic amines) is 1. The van der Waals surface area contributed by atoms with Crippen molar-refractivity contribution in [3.63, 3.8) is 0 Å². The van der Waals surface area contributed by atoms with Crippen molar-refractivity contribution in [2.24, 2.45) is 23.7 Å². The Labute approximate surface area is 149 Å². The van der Waals surface area contributed by atoms with Crippen molar-refractivity contribution in [2.45, 2.75) is 44.9 Å². The zero-order valence-corrected chi connectivity index (χ0v) is 14.7. The van der Waals surface area contributed by atoms with Gasteiger partial charge in [-0.3, -0.25) is 9.59 Å². The van der Waals surface area contributed by atoms with E-state index in [0.29, 0.717) is 30.7 Å². The number of piperidine rings is 1. The molecule has 0 aromatic carbocycles. The summed E-state index contributed by atoms with van der Waals surface area (Å²) < 4.78 is 0. The molecule has 1 aromatic rings. The van der Waals surface area contributed by atoms with Crippen LogP contribution in [0.4, 0.5) is 5.82 Å². The Kier molecular flexibility index (Phi) is 4.73. The minimum absolute atomic E-state index is 0.0199. The van der Waals surface area contributed by atoms with Crippen molar-refractivity contribution in [1.82, 2.24) is 9.88 Å². The minimum Gasteiger partial charge on any atom is -0.343 e. The zero-order chi connectivity index (χ0) is 17.2. The van der Waals surface area contributed by atoms with Crippen LogP contribution in [0.2, 0.25) is 0 Å². The maximum atomic E-state index is 12.6. The molecular weight excluding hydrogens is 314 g/mol.